The van der Waals surface area contributed by atoms with E-state index in [0.29, 0.717) is 12.0 Å². The van der Waals surface area contributed by atoms with E-state index in [1.807, 2.05) is 7.05 Å². The molecule has 0 amide bonds. The van der Waals surface area contributed by atoms with Crippen LogP contribution >= 0.6 is 0 Å². The molecule has 0 aliphatic carbocycles. The first kappa shape index (κ1) is 11.6. The zero-order valence-electron chi connectivity index (χ0n) is 10.9. The zero-order chi connectivity index (χ0) is 11.7. The number of aromatic nitrogens is 2. The predicted molar refractivity (Wildman–Crippen MR) is 66.7 cm³/mol. The highest BCUT2D eigenvalue weighted by Gasteiger charge is 2.24. The van der Waals surface area contributed by atoms with Crippen LogP contribution in [0.15, 0.2) is 0 Å². The van der Waals surface area contributed by atoms with Crippen molar-refractivity contribution in [3.8, 4) is 0 Å². The normalized spacial score (nSPS) is 20.2. The summed E-state index contributed by atoms with van der Waals surface area (Å²) in [4.78, 5) is 4.83. The van der Waals surface area contributed by atoms with Gasteiger partial charge in [0.1, 0.15) is 5.82 Å². The van der Waals surface area contributed by atoms with Gasteiger partial charge in [-0.1, -0.05) is 13.8 Å². The van der Waals surface area contributed by atoms with Crippen molar-refractivity contribution >= 4 is 0 Å². The van der Waals surface area contributed by atoms with Crippen molar-refractivity contribution in [2.45, 2.75) is 58.5 Å². The van der Waals surface area contributed by atoms with E-state index in [4.69, 9.17) is 4.98 Å². The van der Waals surface area contributed by atoms with Gasteiger partial charge >= 0.3 is 0 Å². The van der Waals surface area contributed by atoms with Crippen LogP contribution in [0.1, 0.15) is 62.8 Å². The Labute approximate surface area is 98.3 Å². The molecule has 0 bridgehead atoms. The molecule has 1 aliphatic rings. The molecular weight excluding hydrogens is 198 g/mol. The maximum absolute atomic E-state index is 4.83. The summed E-state index contributed by atoms with van der Waals surface area (Å²) in [5.74, 6) is 1.79. The SMILES string of the molecule is CNCc1nc(C(C)C)n2c1CCCC2C. The van der Waals surface area contributed by atoms with E-state index in [1.165, 1.54) is 36.5 Å². The summed E-state index contributed by atoms with van der Waals surface area (Å²) >= 11 is 0. The quantitative estimate of drug-likeness (QED) is 0.850. The van der Waals surface area contributed by atoms with Gasteiger partial charge in [-0.3, -0.25) is 0 Å². The van der Waals surface area contributed by atoms with Crippen LogP contribution in [0, 0.1) is 0 Å². The van der Waals surface area contributed by atoms with E-state index in [9.17, 15) is 0 Å². The van der Waals surface area contributed by atoms with Gasteiger partial charge in [-0.05, 0) is 33.2 Å². The summed E-state index contributed by atoms with van der Waals surface area (Å²) in [6.07, 6.45) is 3.80. The van der Waals surface area contributed by atoms with E-state index in [1.54, 1.807) is 0 Å². The first-order chi connectivity index (χ1) is 7.65. The lowest BCUT2D eigenvalue weighted by molar-refractivity contribution is 0.411. The number of nitrogens with zero attached hydrogens (tertiary/aromatic N) is 2. The van der Waals surface area contributed by atoms with Crippen molar-refractivity contribution in [3.63, 3.8) is 0 Å². The number of fused-ring (bicyclic) bond motifs is 1. The summed E-state index contributed by atoms with van der Waals surface area (Å²) < 4.78 is 2.49. The molecule has 0 saturated heterocycles. The van der Waals surface area contributed by atoms with Gasteiger partial charge in [0.15, 0.2) is 0 Å². The molecule has 90 valence electrons. The fraction of sp³-hybridized carbons (Fsp3) is 0.769. The van der Waals surface area contributed by atoms with Crippen LogP contribution in [0.2, 0.25) is 0 Å². The molecule has 1 N–H and O–H groups in total. The molecule has 1 aromatic heterocycles. The topological polar surface area (TPSA) is 29.9 Å². The Bertz CT molecular complexity index is 365. The molecule has 1 atom stereocenters. The highest BCUT2D eigenvalue weighted by Crippen LogP contribution is 2.31. The molecule has 1 unspecified atom stereocenters. The summed E-state index contributed by atoms with van der Waals surface area (Å²) in [5, 5.41) is 3.23. The van der Waals surface area contributed by atoms with Crippen molar-refractivity contribution in [1.82, 2.24) is 14.9 Å². The molecular formula is C13H23N3. The van der Waals surface area contributed by atoms with Gasteiger partial charge in [0.25, 0.3) is 0 Å². The van der Waals surface area contributed by atoms with Crippen molar-refractivity contribution in [2.75, 3.05) is 7.05 Å². The third kappa shape index (κ3) is 1.88. The van der Waals surface area contributed by atoms with Gasteiger partial charge in [0, 0.05) is 24.2 Å². The Morgan fingerprint density at radius 2 is 2.25 bits per heavy atom. The molecule has 0 spiro atoms. The second kappa shape index (κ2) is 4.58. The number of rotatable bonds is 3. The largest absolute Gasteiger partial charge is 0.329 e. The van der Waals surface area contributed by atoms with Crippen molar-refractivity contribution < 1.29 is 0 Å². The lowest BCUT2D eigenvalue weighted by Crippen LogP contribution is -2.19. The van der Waals surface area contributed by atoms with Crippen LogP contribution < -0.4 is 5.32 Å². The first-order valence-corrected chi connectivity index (χ1v) is 6.39. The fourth-order valence-corrected chi connectivity index (χ4v) is 2.70. The van der Waals surface area contributed by atoms with Gasteiger partial charge in [-0.15, -0.1) is 0 Å². The summed E-state index contributed by atoms with van der Waals surface area (Å²) in [6, 6.07) is 0.624. The Balaban J connectivity index is 2.47. The van der Waals surface area contributed by atoms with E-state index in [0.717, 1.165) is 6.54 Å². The van der Waals surface area contributed by atoms with Crippen molar-refractivity contribution in [1.29, 1.82) is 0 Å². The lowest BCUT2D eigenvalue weighted by atomic mass is 10.0. The van der Waals surface area contributed by atoms with Gasteiger partial charge in [0.05, 0.1) is 5.69 Å². The number of hydrogen-bond donors (Lipinski definition) is 1. The molecule has 0 fully saturated rings. The molecule has 0 aromatic carbocycles. The van der Waals surface area contributed by atoms with Crippen molar-refractivity contribution in [3.05, 3.63) is 17.2 Å². The molecule has 16 heavy (non-hydrogen) atoms. The van der Waals surface area contributed by atoms with E-state index >= 15 is 0 Å². The van der Waals surface area contributed by atoms with Crippen LogP contribution in [0.5, 0.6) is 0 Å². The van der Waals surface area contributed by atoms with Crippen LogP contribution in [-0.4, -0.2) is 16.6 Å². The number of imidazole rings is 1. The minimum absolute atomic E-state index is 0.518. The Hall–Kier alpha value is -0.830. The van der Waals surface area contributed by atoms with Gasteiger partial charge in [0.2, 0.25) is 0 Å². The maximum Gasteiger partial charge on any atom is 0.112 e. The highest BCUT2D eigenvalue weighted by molar-refractivity contribution is 5.22. The summed E-state index contributed by atoms with van der Waals surface area (Å²) in [5.41, 5.74) is 2.73. The van der Waals surface area contributed by atoms with Gasteiger partial charge in [-0.2, -0.15) is 0 Å². The highest BCUT2D eigenvalue weighted by atomic mass is 15.1. The van der Waals surface area contributed by atoms with Crippen LogP contribution in [-0.2, 0) is 13.0 Å². The Kier molecular flexibility index (Phi) is 3.33. The average Bonchev–Trinajstić information content (AvgIpc) is 2.60. The molecule has 1 aliphatic heterocycles. The third-order valence-electron chi connectivity index (χ3n) is 3.46. The van der Waals surface area contributed by atoms with Crippen molar-refractivity contribution in [2.24, 2.45) is 0 Å². The lowest BCUT2D eigenvalue weighted by Gasteiger charge is -2.25. The minimum Gasteiger partial charge on any atom is -0.329 e. The Morgan fingerprint density at radius 3 is 2.88 bits per heavy atom. The van der Waals surface area contributed by atoms with Crippen LogP contribution in [0.25, 0.3) is 0 Å². The molecule has 1 aromatic rings. The molecule has 0 saturated carbocycles. The summed E-state index contributed by atoms with van der Waals surface area (Å²) in [7, 11) is 1.99. The second-order valence-electron chi connectivity index (χ2n) is 5.16. The fourth-order valence-electron chi connectivity index (χ4n) is 2.70. The van der Waals surface area contributed by atoms with Gasteiger partial charge < -0.3 is 9.88 Å². The van der Waals surface area contributed by atoms with E-state index < -0.39 is 0 Å². The molecule has 2 rings (SSSR count). The molecule has 3 nitrogen and oxygen atoms in total. The molecule has 0 radical (unpaired) electrons. The summed E-state index contributed by atoms with van der Waals surface area (Å²) in [6.45, 7) is 7.69. The van der Waals surface area contributed by atoms with E-state index in [-0.39, 0.29) is 0 Å². The third-order valence-corrected chi connectivity index (χ3v) is 3.46. The first-order valence-electron chi connectivity index (χ1n) is 6.39. The minimum atomic E-state index is 0.518. The maximum atomic E-state index is 4.83. The number of nitrogens with one attached hydrogen (secondary N) is 1. The van der Waals surface area contributed by atoms with Gasteiger partial charge in [-0.25, -0.2) is 4.98 Å². The van der Waals surface area contributed by atoms with E-state index in [2.05, 4.69) is 30.7 Å². The number of hydrogen-bond acceptors (Lipinski definition) is 2. The second-order valence-corrected chi connectivity index (χ2v) is 5.16. The monoisotopic (exact) mass is 221 g/mol. The predicted octanol–water partition coefficient (Wildman–Crippen LogP) is 2.62. The average molecular weight is 221 g/mol. The smallest absolute Gasteiger partial charge is 0.112 e. The Morgan fingerprint density at radius 1 is 1.50 bits per heavy atom. The van der Waals surface area contributed by atoms with Crippen LogP contribution in [0.4, 0.5) is 0 Å². The zero-order valence-corrected chi connectivity index (χ0v) is 10.9. The molecule has 2 heterocycles. The standard InChI is InChI=1S/C13H23N3/c1-9(2)13-15-11(8-14-4)12-7-5-6-10(3)16(12)13/h9-10,14H,5-8H2,1-4H3. The van der Waals surface area contributed by atoms with Crippen LogP contribution in [0.3, 0.4) is 0 Å². The molecule has 3 heteroatoms.